The zero-order valence-electron chi connectivity index (χ0n) is 19.2. The van der Waals surface area contributed by atoms with Gasteiger partial charge in [0.05, 0.1) is 18.3 Å². The average Bonchev–Trinajstić information content (AvgIpc) is 3.11. The first-order valence-corrected chi connectivity index (χ1v) is 11.4. The zero-order chi connectivity index (χ0) is 22.1. The molecule has 6 heteroatoms. The lowest BCUT2D eigenvalue weighted by molar-refractivity contribution is -0.0832. The van der Waals surface area contributed by atoms with E-state index in [2.05, 4.69) is 44.1 Å². The van der Waals surface area contributed by atoms with E-state index in [4.69, 9.17) is 0 Å². The van der Waals surface area contributed by atoms with E-state index in [0.717, 1.165) is 25.2 Å². The second-order valence-corrected chi connectivity index (χ2v) is 9.78. The summed E-state index contributed by atoms with van der Waals surface area (Å²) in [6.07, 6.45) is 4.05. The Morgan fingerprint density at radius 1 is 0.793 bits per heavy atom. The number of ether oxygens (including phenoxy) is 2. The second-order valence-electron chi connectivity index (χ2n) is 9.78. The first-order valence-electron chi connectivity index (χ1n) is 11.4. The minimum absolute atomic E-state index is 0.0289. The monoisotopic (exact) mass is 416 g/mol. The Morgan fingerprint density at radius 3 is 1.72 bits per heavy atom. The molecule has 29 heavy (non-hydrogen) atoms. The van der Waals surface area contributed by atoms with Gasteiger partial charge in [-0.15, -0.1) is 0 Å². The van der Waals surface area contributed by atoms with Gasteiger partial charge in [0, 0.05) is 0 Å². The van der Waals surface area contributed by atoms with Gasteiger partial charge in [-0.3, -0.25) is 0 Å². The molecule has 0 amide bonds. The molecule has 6 nitrogen and oxygen atoms in total. The largest absolute Gasteiger partial charge is 0.508 e. The molecule has 0 aromatic rings. The van der Waals surface area contributed by atoms with Crippen molar-refractivity contribution in [2.45, 2.75) is 92.0 Å². The van der Waals surface area contributed by atoms with E-state index in [1.165, 1.54) is 12.8 Å². The van der Waals surface area contributed by atoms with E-state index in [-0.39, 0.29) is 17.9 Å². The van der Waals surface area contributed by atoms with Gasteiger partial charge in [-0.2, -0.15) is 0 Å². The highest BCUT2D eigenvalue weighted by Crippen LogP contribution is 2.34. The number of carbonyl (C=O) groups is 1. The highest BCUT2D eigenvalue weighted by atomic mass is 16.8. The quantitative estimate of drug-likeness (QED) is 0.589. The molecule has 7 unspecified atom stereocenters. The van der Waals surface area contributed by atoms with Gasteiger partial charge < -0.3 is 24.8 Å². The molecule has 0 radical (unpaired) electrons. The molecule has 172 valence electrons. The summed E-state index contributed by atoms with van der Waals surface area (Å²) in [5.41, 5.74) is 0. The van der Waals surface area contributed by atoms with Crippen molar-refractivity contribution in [1.29, 1.82) is 0 Å². The van der Waals surface area contributed by atoms with Crippen molar-refractivity contribution in [2.24, 2.45) is 35.5 Å². The predicted octanol–water partition coefficient (Wildman–Crippen LogP) is 4.00. The summed E-state index contributed by atoms with van der Waals surface area (Å²) in [5, 5.41) is 29.1. The van der Waals surface area contributed by atoms with E-state index < -0.39 is 18.4 Å². The molecular formula is C23H44O6. The Morgan fingerprint density at radius 2 is 1.31 bits per heavy atom. The van der Waals surface area contributed by atoms with E-state index in [0.29, 0.717) is 31.0 Å². The number of hydrogen-bond acceptors (Lipinski definition) is 6. The third-order valence-corrected chi connectivity index (χ3v) is 6.69. The van der Waals surface area contributed by atoms with Crippen molar-refractivity contribution in [1.82, 2.24) is 0 Å². The number of carbonyl (C=O) groups excluding carboxylic acids is 1. The van der Waals surface area contributed by atoms with Crippen LogP contribution in [0.4, 0.5) is 4.79 Å². The molecule has 0 aromatic carbocycles. The van der Waals surface area contributed by atoms with Crippen molar-refractivity contribution in [2.75, 3.05) is 13.2 Å². The predicted molar refractivity (Wildman–Crippen MR) is 113 cm³/mol. The third kappa shape index (κ3) is 8.81. The second kappa shape index (κ2) is 12.8. The number of cyclic esters (lactones) is 2. The van der Waals surface area contributed by atoms with Crippen LogP contribution in [0.25, 0.3) is 0 Å². The van der Waals surface area contributed by atoms with Gasteiger partial charge in [0.2, 0.25) is 0 Å². The van der Waals surface area contributed by atoms with Gasteiger partial charge in [-0.25, -0.2) is 4.79 Å². The van der Waals surface area contributed by atoms with Gasteiger partial charge in [0.1, 0.15) is 13.2 Å². The van der Waals surface area contributed by atoms with Gasteiger partial charge in [-0.1, -0.05) is 48.0 Å². The van der Waals surface area contributed by atoms with Crippen molar-refractivity contribution in [3.05, 3.63) is 0 Å². The Labute approximate surface area is 177 Å². The highest BCUT2D eigenvalue weighted by molar-refractivity contribution is 5.61. The minimum atomic E-state index is -0.546. The summed E-state index contributed by atoms with van der Waals surface area (Å²) < 4.78 is 8.58. The van der Waals surface area contributed by atoms with E-state index >= 15 is 0 Å². The van der Waals surface area contributed by atoms with E-state index in [1.54, 1.807) is 0 Å². The normalized spacial score (nSPS) is 37.1. The molecule has 2 saturated carbocycles. The molecule has 0 aromatic heterocycles. The van der Waals surface area contributed by atoms with Crippen molar-refractivity contribution in [3.8, 4) is 0 Å². The van der Waals surface area contributed by atoms with Gasteiger partial charge in [0.15, 0.2) is 0 Å². The highest BCUT2D eigenvalue weighted by Gasteiger charge is 2.36. The van der Waals surface area contributed by atoms with Crippen LogP contribution in [-0.2, 0) is 9.47 Å². The first-order chi connectivity index (χ1) is 13.5. The molecule has 3 N–H and O–H groups in total. The molecule has 3 rings (SSSR count). The maximum absolute atomic E-state index is 9.80. The van der Waals surface area contributed by atoms with Gasteiger partial charge in [0.25, 0.3) is 0 Å². The maximum atomic E-state index is 9.80. The van der Waals surface area contributed by atoms with Crippen molar-refractivity contribution < 1.29 is 29.6 Å². The van der Waals surface area contributed by atoms with Crippen LogP contribution in [0.1, 0.15) is 73.6 Å². The summed E-state index contributed by atoms with van der Waals surface area (Å²) in [7, 11) is 0. The fourth-order valence-electron chi connectivity index (χ4n) is 4.56. The molecule has 2 aliphatic carbocycles. The van der Waals surface area contributed by atoms with Crippen LogP contribution in [0, 0.1) is 35.5 Å². The smallest absolute Gasteiger partial charge is 0.431 e. The lowest BCUT2D eigenvalue weighted by Crippen LogP contribution is -2.44. The van der Waals surface area contributed by atoms with Crippen LogP contribution < -0.4 is 0 Å². The SMILES string of the molecule is CC(C)C1CCC(C)C(O)C1O.CC1CCC(C(C)C)C(O)C1.O=C1OCCO1. The molecule has 3 aliphatic rings. The topological polar surface area (TPSA) is 96.2 Å². The zero-order valence-corrected chi connectivity index (χ0v) is 19.2. The lowest BCUT2D eigenvalue weighted by atomic mass is 9.74. The van der Waals surface area contributed by atoms with Crippen LogP contribution in [0.15, 0.2) is 0 Å². The molecule has 1 heterocycles. The molecule has 0 bridgehead atoms. The van der Waals surface area contributed by atoms with E-state index in [9.17, 15) is 20.1 Å². The molecule has 7 atom stereocenters. The lowest BCUT2D eigenvalue weighted by Gasteiger charge is -2.38. The fraction of sp³-hybridized carbons (Fsp3) is 0.957. The standard InChI is InChI=1S/C10H20O2.C10H20O.C3H4O3/c1-6(2)8-5-4-7(3)9(11)10(8)12;1-7(2)9-5-4-8(3)6-10(9)11;4-3-5-1-2-6-3/h6-12H,4-5H2,1-3H3;7-11H,4-6H2,1-3H3;1-2H2. The third-order valence-electron chi connectivity index (χ3n) is 6.69. The molecule has 1 saturated heterocycles. The molecule has 0 spiro atoms. The Kier molecular flexibility index (Phi) is 11.5. The average molecular weight is 417 g/mol. The summed E-state index contributed by atoms with van der Waals surface area (Å²) in [4.78, 5) is 9.80. The minimum Gasteiger partial charge on any atom is -0.431 e. The molecule has 1 aliphatic heterocycles. The molecular weight excluding hydrogens is 372 g/mol. The Hall–Kier alpha value is -0.850. The van der Waals surface area contributed by atoms with Crippen LogP contribution in [-0.4, -0.2) is 53.0 Å². The summed E-state index contributed by atoms with van der Waals surface area (Å²) in [5.74, 6) is 2.97. The van der Waals surface area contributed by atoms with Crippen LogP contribution in [0.5, 0.6) is 0 Å². The van der Waals surface area contributed by atoms with Gasteiger partial charge in [-0.05, 0) is 61.2 Å². The fourth-order valence-corrected chi connectivity index (χ4v) is 4.56. The van der Waals surface area contributed by atoms with E-state index in [1.807, 2.05) is 6.92 Å². The summed E-state index contributed by atoms with van der Waals surface area (Å²) >= 11 is 0. The van der Waals surface area contributed by atoms with Crippen LogP contribution >= 0.6 is 0 Å². The maximum Gasteiger partial charge on any atom is 0.508 e. The van der Waals surface area contributed by atoms with Crippen molar-refractivity contribution in [3.63, 3.8) is 0 Å². The van der Waals surface area contributed by atoms with Crippen LogP contribution in [0.2, 0.25) is 0 Å². The van der Waals surface area contributed by atoms with Crippen LogP contribution in [0.3, 0.4) is 0 Å². The number of aliphatic hydroxyl groups excluding tert-OH is 3. The summed E-state index contributed by atoms with van der Waals surface area (Å²) in [6, 6.07) is 0. The Balaban J connectivity index is 0.000000229. The number of hydrogen-bond donors (Lipinski definition) is 3. The number of rotatable bonds is 2. The Bertz CT molecular complexity index is 458. The first kappa shape index (κ1) is 26.2. The number of aliphatic hydroxyl groups is 3. The van der Waals surface area contributed by atoms with Gasteiger partial charge >= 0.3 is 6.16 Å². The summed E-state index contributed by atoms with van der Waals surface area (Å²) in [6.45, 7) is 13.7. The molecule has 3 fully saturated rings. The van der Waals surface area contributed by atoms with Crippen molar-refractivity contribution >= 4 is 6.16 Å².